The third kappa shape index (κ3) is 7.85. The number of rotatable bonds is 8. The number of halogens is 1. The minimum absolute atomic E-state index is 0.122. The van der Waals surface area contributed by atoms with E-state index < -0.39 is 21.5 Å². The Balaban J connectivity index is 2.02. The van der Waals surface area contributed by atoms with Gasteiger partial charge in [0, 0.05) is 11.0 Å². The van der Waals surface area contributed by atoms with E-state index in [1.54, 1.807) is 18.2 Å². The number of alkyl carbamates (subject to hydrolysis) is 1. The topological polar surface area (TPSA) is 81.7 Å². The quantitative estimate of drug-likeness (QED) is 0.492. The van der Waals surface area contributed by atoms with Gasteiger partial charge < -0.3 is 14.8 Å². The third-order valence-corrected chi connectivity index (χ3v) is 7.00. The number of methoxy groups -OCH3 is 1. The van der Waals surface area contributed by atoms with Gasteiger partial charge in [-0.3, -0.25) is 0 Å². The number of hydrogen-bond donors (Lipinski definition) is 1. The van der Waals surface area contributed by atoms with Gasteiger partial charge >= 0.3 is 6.09 Å². The molecule has 8 heteroatoms. The number of amides is 1. The van der Waals surface area contributed by atoms with Crippen molar-refractivity contribution in [3.63, 3.8) is 0 Å². The largest absolute Gasteiger partial charge is 0.495 e. The first kappa shape index (κ1) is 25.2. The molecule has 0 unspecified atom stereocenters. The number of aryl methyl sites for hydroxylation is 2. The summed E-state index contributed by atoms with van der Waals surface area (Å²) in [7, 11) is -2.13. The molecule has 0 atom stereocenters. The second-order valence-corrected chi connectivity index (χ2v) is 11.2. The Labute approximate surface area is 193 Å². The van der Waals surface area contributed by atoms with Crippen LogP contribution < -0.4 is 10.1 Å². The average Bonchev–Trinajstić information content (AvgIpc) is 2.65. The second kappa shape index (κ2) is 10.5. The van der Waals surface area contributed by atoms with Crippen molar-refractivity contribution >= 4 is 31.9 Å². The minimum Gasteiger partial charge on any atom is -0.495 e. The van der Waals surface area contributed by atoms with Crippen molar-refractivity contribution in [3.05, 3.63) is 57.6 Å². The van der Waals surface area contributed by atoms with Gasteiger partial charge in [-0.2, -0.15) is 0 Å². The summed E-state index contributed by atoms with van der Waals surface area (Å²) in [5, 5.41) is 2.73. The Bertz CT molecular complexity index is 1030. The minimum atomic E-state index is -3.59. The van der Waals surface area contributed by atoms with Crippen LogP contribution in [0.2, 0.25) is 0 Å². The average molecular weight is 512 g/mol. The summed E-state index contributed by atoms with van der Waals surface area (Å²) in [6, 6.07) is 10.8. The van der Waals surface area contributed by atoms with E-state index >= 15 is 0 Å². The number of hydrogen-bond acceptors (Lipinski definition) is 5. The molecule has 0 aliphatic rings. The molecule has 0 saturated carbocycles. The number of carbonyl (C=O) groups is 1. The zero-order valence-electron chi connectivity index (χ0n) is 18.6. The molecule has 0 radical (unpaired) electrons. The fourth-order valence-corrected chi connectivity index (χ4v) is 5.02. The van der Waals surface area contributed by atoms with Gasteiger partial charge in [0.15, 0.2) is 9.84 Å². The van der Waals surface area contributed by atoms with Crippen LogP contribution in [0.4, 0.5) is 4.79 Å². The molecule has 1 amide bonds. The smallest absolute Gasteiger partial charge is 0.407 e. The van der Waals surface area contributed by atoms with Crippen LogP contribution in [-0.4, -0.2) is 33.8 Å². The van der Waals surface area contributed by atoms with E-state index in [9.17, 15) is 13.2 Å². The Hall–Kier alpha value is -2.06. The van der Waals surface area contributed by atoms with Crippen LogP contribution in [-0.2, 0) is 26.7 Å². The summed E-state index contributed by atoms with van der Waals surface area (Å²) in [6.45, 7) is 7.81. The van der Waals surface area contributed by atoms with Gasteiger partial charge in [-0.1, -0.05) is 40.2 Å². The fourth-order valence-electron chi connectivity index (χ4n) is 3.01. The van der Waals surface area contributed by atoms with Crippen molar-refractivity contribution in [2.45, 2.75) is 56.8 Å². The number of sulfone groups is 1. The summed E-state index contributed by atoms with van der Waals surface area (Å²) in [5.74, 6) is 0.216. The standard InChI is InChI=1S/C23H30BrNO5S/c1-16-12-20(29-5)21(14-19(16)24)31(27,28)15-18-9-6-8-17(13-18)10-7-11-25-22(26)30-23(2,3)4/h6,8-9,12-14H,7,10-11,15H2,1-5H3,(H,25,26). The van der Waals surface area contributed by atoms with Gasteiger partial charge in [0.25, 0.3) is 0 Å². The summed E-state index contributed by atoms with van der Waals surface area (Å²) >= 11 is 3.40. The second-order valence-electron chi connectivity index (χ2n) is 8.36. The molecule has 31 heavy (non-hydrogen) atoms. The van der Waals surface area contributed by atoms with Crippen molar-refractivity contribution in [3.8, 4) is 5.75 Å². The highest BCUT2D eigenvalue weighted by molar-refractivity contribution is 9.10. The van der Waals surface area contributed by atoms with Crippen LogP contribution in [0.3, 0.4) is 0 Å². The first-order valence-corrected chi connectivity index (χ1v) is 12.5. The summed E-state index contributed by atoms with van der Waals surface area (Å²) < 4.78 is 37.3. The Morgan fingerprint density at radius 2 is 1.81 bits per heavy atom. The summed E-state index contributed by atoms with van der Waals surface area (Å²) in [4.78, 5) is 11.9. The van der Waals surface area contributed by atoms with Gasteiger partial charge in [0.1, 0.15) is 16.2 Å². The number of nitrogens with one attached hydrogen (secondary N) is 1. The first-order chi connectivity index (χ1) is 14.4. The Morgan fingerprint density at radius 3 is 2.45 bits per heavy atom. The van der Waals surface area contributed by atoms with Crippen molar-refractivity contribution < 1.29 is 22.7 Å². The number of benzene rings is 2. The fraction of sp³-hybridized carbons (Fsp3) is 0.435. The molecule has 1 N–H and O–H groups in total. The lowest BCUT2D eigenvalue weighted by Gasteiger charge is -2.19. The van der Waals surface area contributed by atoms with E-state index in [0.29, 0.717) is 30.7 Å². The van der Waals surface area contributed by atoms with E-state index in [1.165, 1.54) is 7.11 Å². The lowest BCUT2D eigenvalue weighted by Crippen LogP contribution is -2.33. The van der Waals surface area contributed by atoms with Crippen LogP contribution in [0, 0.1) is 6.92 Å². The molecule has 0 saturated heterocycles. The van der Waals surface area contributed by atoms with Crippen LogP contribution >= 0.6 is 15.9 Å². The van der Waals surface area contributed by atoms with E-state index in [4.69, 9.17) is 9.47 Å². The molecule has 0 fully saturated rings. The molecule has 0 aliphatic heterocycles. The van der Waals surface area contributed by atoms with Gasteiger partial charge in [-0.05, 0) is 69.4 Å². The molecule has 6 nitrogen and oxygen atoms in total. The maximum atomic E-state index is 13.0. The molecule has 0 aromatic heterocycles. The van der Waals surface area contributed by atoms with Crippen LogP contribution in [0.25, 0.3) is 0 Å². The van der Waals surface area contributed by atoms with Crippen LogP contribution in [0.1, 0.15) is 43.9 Å². The molecule has 2 aromatic rings. The van der Waals surface area contributed by atoms with Gasteiger partial charge in [-0.25, -0.2) is 13.2 Å². The number of carbonyl (C=O) groups excluding carboxylic acids is 1. The highest BCUT2D eigenvalue weighted by Crippen LogP contribution is 2.32. The molecular formula is C23H30BrNO5S. The van der Waals surface area contributed by atoms with Crippen LogP contribution in [0.5, 0.6) is 5.75 Å². The van der Waals surface area contributed by atoms with Gasteiger partial charge in [-0.15, -0.1) is 0 Å². The molecule has 2 rings (SSSR count). The summed E-state index contributed by atoms with van der Waals surface area (Å²) in [6.07, 6.45) is 0.989. The van der Waals surface area contributed by atoms with E-state index in [1.807, 2.05) is 45.9 Å². The van der Waals surface area contributed by atoms with Crippen LogP contribution in [0.15, 0.2) is 45.8 Å². The highest BCUT2D eigenvalue weighted by Gasteiger charge is 2.22. The molecule has 170 valence electrons. The van der Waals surface area contributed by atoms with Gasteiger partial charge in [0.05, 0.1) is 12.9 Å². The lowest BCUT2D eigenvalue weighted by atomic mass is 10.1. The van der Waals surface area contributed by atoms with E-state index in [0.717, 1.165) is 15.6 Å². The Morgan fingerprint density at radius 1 is 1.13 bits per heavy atom. The van der Waals surface area contributed by atoms with Gasteiger partial charge in [0.2, 0.25) is 0 Å². The molecular weight excluding hydrogens is 482 g/mol. The predicted octanol–water partition coefficient (Wildman–Crippen LogP) is 5.20. The van der Waals surface area contributed by atoms with E-state index in [2.05, 4.69) is 21.2 Å². The third-order valence-electron chi connectivity index (χ3n) is 4.44. The predicted molar refractivity (Wildman–Crippen MR) is 125 cm³/mol. The van der Waals surface area contributed by atoms with Crippen molar-refractivity contribution in [1.82, 2.24) is 5.32 Å². The maximum absolute atomic E-state index is 13.0. The molecule has 0 aliphatic carbocycles. The molecule has 0 heterocycles. The highest BCUT2D eigenvalue weighted by atomic mass is 79.9. The van der Waals surface area contributed by atoms with Crippen molar-refractivity contribution in [2.75, 3.05) is 13.7 Å². The Kier molecular flexibility index (Phi) is 8.54. The molecule has 0 spiro atoms. The molecule has 0 bridgehead atoms. The normalized spacial score (nSPS) is 11.8. The lowest BCUT2D eigenvalue weighted by molar-refractivity contribution is 0.0527. The van der Waals surface area contributed by atoms with Crippen molar-refractivity contribution in [2.24, 2.45) is 0 Å². The summed E-state index contributed by atoms with van der Waals surface area (Å²) in [5.41, 5.74) is 2.09. The van der Waals surface area contributed by atoms with E-state index in [-0.39, 0.29) is 10.6 Å². The van der Waals surface area contributed by atoms with Crippen molar-refractivity contribution in [1.29, 1.82) is 0 Å². The zero-order chi connectivity index (χ0) is 23.2. The SMILES string of the molecule is COc1cc(C)c(Br)cc1S(=O)(=O)Cc1cccc(CCCNC(=O)OC(C)(C)C)c1. The zero-order valence-corrected chi connectivity index (χ0v) is 21.0. The maximum Gasteiger partial charge on any atom is 0.407 e. The molecule has 2 aromatic carbocycles. The monoisotopic (exact) mass is 511 g/mol. The first-order valence-electron chi connectivity index (χ1n) is 10.0. The number of ether oxygens (including phenoxy) is 2.